The maximum atomic E-state index is 12.2. The van der Waals surface area contributed by atoms with Crippen LogP contribution in [0.3, 0.4) is 0 Å². The lowest BCUT2D eigenvalue weighted by molar-refractivity contribution is -0.118. The fraction of sp³-hybridized carbons (Fsp3) is 0.449. The number of nitrogens with one attached hydrogen (secondary N) is 2. The van der Waals surface area contributed by atoms with E-state index in [0.717, 1.165) is 40.1 Å². The average Bonchev–Trinajstić information content (AvgIpc) is 3.71. The van der Waals surface area contributed by atoms with E-state index in [9.17, 15) is 14.4 Å². The summed E-state index contributed by atoms with van der Waals surface area (Å²) in [5.41, 5.74) is 3.83. The highest BCUT2D eigenvalue weighted by Gasteiger charge is 2.32. The summed E-state index contributed by atoms with van der Waals surface area (Å²) in [7, 11) is 1.64. The van der Waals surface area contributed by atoms with Crippen molar-refractivity contribution in [3.05, 3.63) is 97.5 Å². The van der Waals surface area contributed by atoms with Gasteiger partial charge in [-0.05, 0) is 88.9 Å². The Morgan fingerprint density at radius 2 is 1.66 bits per heavy atom. The van der Waals surface area contributed by atoms with E-state index < -0.39 is 16.0 Å². The van der Waals surface area contributed by atoms with Crippen LogP contribution in [0.5, 0.6) is 11.5 Å². The van der Waals surface area contributed by atoms with Gasteiger partial charge in [-0.1, -0.05) is 110 Å². The van der Waals surface area contributed by atoms with E-state index in [-0.39, 0.29) is 57.8 Å². The molecule has 0 bridgehead atoms. The van der Waals surface area contributed by atoms with Crippen LogP contribution in [0.15, 0.2) is 63.8 Å². The number of benzene rings is 3. The Kier molecular flexibility index (Phi) is 24.5. The molecule has 0 spiro atoms. The molecule has 3 aromatic carbocycles. The summed E-state index contributed by atoms with van der Waals surface area (Å²) in [6.45, 7) is 21.3. The smallest absolute Gasteiger partial charge is 0.442 e. The van der Waals surface area contributed by atoms with Crippen LogP contribution in [0.25, 0.3) is 5.69 Å². The molecular weight excluding hydrogens is 1040 g/mol. The second-order valence-corrected chi connectivity index (χ2v) is 19.4. The third kappa shape index (κ3) is 17.6. The van der Waals surface area contributed by atoms with Gasteiger partial charge in [0.1, 0.15) is 30.6 Å². The number of alkyl halides is 3. The molecule has 2 amide bonds. The Balaban J connectivity index is 0.000000254. The first kappa shape index (κ1) is 60.3. The molecule has 0 fully saturated rings. The van der Waals surface area contributed by atoms with Gasteiger partial charge in [0.05, 0.1) is 45.8 Å². The van der Waals surface area contributed by atoms with Gasteiger partial charge in [-0.3, -0.25) is 9.59 Å². The highest BCUT2D eigenvalue weighted by Crippen LogP contribution is 2.35. The van der Waals surface area contributed by atoms with Gasteiger partial charge in [0.25, 0.3) is 5.91 Å². The van der Waals surface area contributed by atoms with Gasteiger partial charge in [0.15, 0.2) is 4.84 Å². The van der Waals surface area contributed by atoms with Crippen LogP contribution < -0.4 is 35.7 Å². The molecule has 386 valence electrons. The molecule has 22 heteroatoms. The fourth-order valence-corrected chi connectivity index (χ4v) is 7.63. The highest BCUT2D eigenvalue weighted by atomic mass is 35.5. The number of terminal acetylenes is 1. The maximum absolute atomic E-state index is 12.2. The van der Waals surface area contributed by atoms with E-state index in [4.69, 9.17) is 94.7 Å². The van der Waals surface area contributed by atoms with Crippen molar-refractivity contribution in [1.29, 1.82) is 0 Å². The number of anilines is 4. The first-order chi connectivity index (χ1) is 33.5. The maximum Gasteiger partial charge on any atom is 0.442 e. The number of aromatic nitrogens is 5. The molecule has 1 aliphatic heterocycles. The van der Waals surface area contributed by atoms with Gasteiger partial charge < -0.3 is 39.1 Å². The molecule has 2 N–H and O–H groups in total. The summed E-state index contributed by atoms with van der Waals surface area (Å²) < 4.78 is 22.3. The van der Waals surface area contributed by atoms with Gasteiger partial charge in [0.2, 0.25) is 29.0 Å². The van der Waals surface area contributed by atoms with Gasteiger partial charge >= 0.3 is 5.76 Å². The number of carbonyl (C=O) groups is 2. The fourth-order valence-electron chi connectivity index (χ4n) is 6.62. The van der Waals surface area contributed by atoms with Crippen LogP contribution in [0.4, 0.5) is 23.3 Å². The number of halogens is 6. The molecule has 0 aliphatic carbocycles. The standard InChI is InChI=1S/C15H14Cl2N2O3.C15H22ClNO2.C11H11Cl2NO2.C8H14ClN5/c1-5-6-21-12-8-11(9(16)7-10(12)17)19-14(20)22-13(18-19)15(2,3)4;1-5-13-8-6-7-11(2)15(13)17(14(18)9-16)12(3)10-19-4;1-7-6-16-9-5-3-2-4-8(9)14(7)11(15)10(12)13;1-4-10-7-12-6(9)13-8(14-7)11-5(2)3/h1,7-8H,6H2,2-4H3;6-8,12H,5,9-10H2,1-4H3;2-5,7,10H,6H2,1H3;5H,4H2,1-3H3,(H2,10,11,12,13,14). The number of aryl methyl sites for hydroxylation is 2. The zero-order chi connectivity index (χ0) is 53.2. The van der Waals surface area contributed by atoms with Crippen LogP contribution in [-0.4, -0.2) is 98.9 Å². The summed E-state index contributed by atoms with van der Waals surface area (Å²) in [6.07, 6.45) is 6.03. The first-order valence-electron chi connectivity index (χ1n) is 22.4. The van der Waals surface area contributed by atoms with E-state index in [1.807, 2.05) is 98.7 Å². The van der Waals surface area contributed by atoms with Crippen molar-refractivity contribution < 1.29 is 28.2 Å². The zero-order valence-corrected chi connectivity index (χ0v) is 46.1. The summed E-state index contributed by atoms with van der Waals surface area (Å²) in [5.74, 6) is 3.56. The Morgan fingerprint density at radius 3 is 2.24 bits per heavy atom. The topological polar surface area (TPSA) is 179 Å². The second kappa shape index (κ2) is 28.9. The largest absolute Gasteiger partial charge is 0.489 e. The van der Waals surface area contributed by atoms with E-state index >= 15 is 0 Å². The summed E-state index contributed by atoms with van der Waals surface area (Å²) in [6, 6.07) is 16.5. The van der Waals surface area contributed by atoms with E-state index in [1.54, 1.807) is 16.9 Å². The number of fused-ring (bicyclic) bond motifs is 1. The lowest BCUT2D eigenvalue weighted by atomic mass is 9.97. The van der Waals surface area contributed by atoms with Crippen molar-refractivity contribution in [2.24, 2.45) is 0 Å². The van der Waals surface area contributed by atoms with Crippen LogP contribution in [0.1, 0.15) is 79.3 Å². The van der Waals surface area contributed by atoms with Gasteiger partial charge in [-0.2, -0.15) is 19.6 Å². The van der Waals surface area contributed by atoms with Crippen LogP contribution in [0.2, 0.25) is 15.3 Å². The third-order valence-corrected chi connectivity index (χ3v) is 11.1. The predicted molar refractivity (Wildman–Crippen MR) is 287 cm³/mol. The van der Waals surface area contributed by atoms with Crippen molar-refractivity contribution in [2.75, 3.05) is 59.8 Å². The van der Waals surface area contributed by atoms with E-state index in [1.165, 1.54) is 12.1 Å². The monoisotopic (exact) mass is 1100 g/mol. The summed E-state index contributed by atoms with van der Waals surface area (Å²) in [5, 5.41) is 10.9. The molecule has 71 heavy (non-hydrogen) atoms. The Hall–Kier alpha value is -4.99. The molecule has 6 rings (SSSR count). The number of hydrogen-bond donors (Lipinski definition) is 2. The lowest BCUT2D eigenvalue weighted by Crippen LogP contribution is -2.47. The number of ether oxygens (including phenoxy) is 3. The Morgan fingerprint density at radius 1 is 0.986 bits per heavy atom. The quantitative estimate of drug-likeness (QED) is 0.0793. The van der Waals surface area contributed by atoms with E-state index in [2.05, 4.69) is 49.6 Å². The van der Waals surface area contributed by atoms with E-state index in [0.29, 0.717) is 48.2 Å². The molecule has 1 aliphatic rings. The number of para-hydroxylation sites is 3. The first-order valence-corrected chi connectivity index (χ1v) is 24.9. The van der Waals surface area contributed by atoms with Crippen LogP contribution in [0, 0.1) is 19.3 Å². The number of nitrogens with zero attached hydrogens (tertiary/aromatic N) is 7. The van der Waals surface area contributed by atoms with Crippen molar-refractivity contribution in [1.82, 2.24) is 24.7 Å². The zero-order valence-electron chi connectivity index (χ0n) is 41.6. The molecule has 2 aromatic heterocycles. The molecule has 2 atom stereocenters. The number of amides is 2. The number of hydrogen-bond acceptors (Lipinski definition) is 13. The van der Waals surface area contributed by atoms with Crippen molar-refractivity contribution in [3.63, 3.8) is 0 Å². The summed E-state index contributed by atoms with van der Waals surface area (Å²) >= 11 is 34.9. The highest BCUT2D eigenvalue weighted by molar-refractivity contribution is 6.54. The molecule has 3 heterocycles. The molecule has 0 saturated heterocycles. The molecular formula is C49H61Cl6N9O7. The number of methoxy groups -OCH3 is 1. The molecule has 5 aromatic rings. The third-order valence-electron chi connectivity index (χ3n) is 9.74. The normalized spacial score (nSPS) is 13.2. The van der Waals surface area contributed by atoms with Crippen molar-refractivity contribution in [2.45, 2.75) is 104 Å². The molecule has 0 radical (unpaired) electrons. The van der Waals surface area contributed by atoms with Gasteiger partial charge in [0, 0.05) is 31.2 Å². The molecule has 2 unspecified atom stereocenters. The SMILES string of the molecule is C#CCOc1cc(-n2nc(C(C)(C)C)oc2=O)c(Cl)cc1Cl.CC1COc2ccccc2N1C(=O)C(Cl)Cl.CCNc1nc(Cl)nc(NC(C)C)n1.CCc1cccc(C)c1N(C(=O)CCl)C(C)COC. The van der Waals surface area contributed by atoms with Crippen LogP contribution in [-0.2, 0) is 26.2 Å². The lowest BCUT2D eigenvalue weighted by Gasteiger charge is -2.35. The number of rotatable bonds is 14. The Labute approximate surface area is 445 Å². The number of carbonyl (C=O) groups excluding carboxylic acids is 2. The minimum absolute atomic E-state index is 0.0223. The predicted octanol–water partition coefficient (Wildman–Crippen LogP) is 11.0. The minimum Gasteiger partial charge on any atom is -0.489 e. The Bertz CT molecular complexity index is 2640. The van der Waals surface area contributed by atoms with Gasteiger partial charge in [-0.15, -0.1) is 23.1 Å². The van der Waals surface area contributed by atoms with Crippen molar-refractivity contribution >= 4 is 105 Å². The molecule has 16 nitrogen and oxygen atoms in total. The molecule has 0 saturated carbocycles. The van der Waals surface area contributed by atoms with Crippen LogP contribution >= 0.6 is 69.6 Å². The van der Waals surface area contributed by atoms with Gasteiger partial charge in [-0.25, -0.2) is 4.79 Å². The summed E-state index contributed by atoms with van der Waals surface area (Å²) in [4.78, 5) is 50.4. The minimum atomic E-state index is -1.05. The second-order valence-electron chi connectivity index (χ2n) is 16.9. The van der Waals surface area contributed by atoms with Crippen molar-refractivity contribution in [3.8, 4) is 29.5 Å². The average molecular weight is 1100 g/mol.